The van der Waals surface area contributed by atoms with E-state index in [1.807, 2.05) is 18.2 Å². The number of para-hydroxylation sites is 1. The van der Waals surface area contributed by atoms with Crippen LogP contribution in [0.1, 0.15) is 12.8 Å². The lowest BCUT2D eigenvalue weighted by Crippen LogP contribution is -2.57. The van der Waals surface area contributed by atoms with Gasteiger partial charge in [0.15, 0.2) is 0 Å². The van der Waals surface area contributed by atoms with Crippen molar-refractivity contribution < 1.29 is 9.53 Å². The number of carbonyl (C=O) groups excluding carboxylic acids is 1. The van der Waals surface area contributed by atoms with Crippen molar-refractivity contribution in [3.63, 3.8) is 0 Å². The first-order valence-electron chi connectivity index (χ1n) is 6.57. The summed E-state index contributed by atoms with van der Waals surface area (Å²) in [5.41, 5.74) is 0. The lowest BCUT2D eigenvalue weighted by Gasteiger charge is -2.44. The first-order chi connectivity index (χ1) is 8.81. The molecular weight excluding hydrogens is 228 g/mol. The first-order valence-corrected chi connectivity index (χ1v) is 6.57. The number of piperidine rings is 3. The SMILES string of the molecule is O=C(NC1CN2CCC1CC2)Oc1ccccc1. The van der Waals surface area contributed by atoms with Crippen LogP contribution in [0, 0.1) is 5.92 Å². The van der Waals surface area contributed by atoms with E-state index in [1.165, 1.54) is 25.9 Å². The Bertz CT molecular complexity index is 413. The average Bonchev–Trinajstić information content (AvgIpc) is 2.41. The van der Waals surface area contributed by atoms with E-state index in [4.69, 9.17) is 4.74 Å². The van der Waals surface area contributed by atoms with Crippen LogP contribution in [-0.4, -0.2) is 36.7 Å². The van der Waals surface area contributed by atoms with E-state index in [-0.39, 0.29) is 12.1 Å². The summed E-state index contributed by atoms with van der Waals surface area (Å²) in [6.45, 7) is 3.32. The number of nitrogens with one attached hydrogen (secondary N) is 1. The van der Waals surface area contributed by atoms with Crippen LogP contribution >= 0.6 is 0 Å². The van der Waals surface area contributed by atoms with Crippen LogP contribution in [0.5, 0.6) is 5.75 Å². The minimum absolute atomic E-state index is 0.253. The minimum atomic E-state index is -0.333. The molecule has 3 aliphatic heterocycles. The van der Waals surface area contributed by atoms with Gasteiger partial charge in [-0.2, -0.15) is 0 Å². The molecule has 0 aliphatic carbocycles. The van der Waals surface area contributed by atoms with Crippen molar-refractivity contribution in [1.29, 1.82) is 0 Å². The second kappa shape index (κ2) is 4.98. The maximum absolute atomic E-state index is 11.8. The molecule has 0 saturated carbocycles. The second-order valence-electron chi connectivity index (χ2n) is 5.09. The van der Waals surface area contributed by atoms with Crippen molar-refractivity contribution in [2.75, 3.05) is 19.6 Å². The van der Waals surface area contributed by atoms with E-state index in [0.29, 0.717) is 11.7 Å². The van der Waals surface area contributed by atoms with Crippen molar-refractivity contribution in [2.45, 2.75) is 18.9 Å². The molecule has 0 aromatic heterocycles. The fourth-order valence-electron chi connectivity index (χ4n) is 2.91. The maximum Gasteiger partial charge on any atom is 0.412 e. The molecule has 1 aromatic carbocycles. The van der Waals surface area contributed by atoms with Crippen LogP contribution in [0.4, 0.5) is 4.79 Å². The van der Waals surface area contributed by atoms with Gasteiger partial charge in [0.1, 0.15) is 5.75 Å². The Morgan fingerprint density at radius 1 is 1.22 bits per heavy atom. The molecule has 4 heteroatoms. The van der Waals surface area contributed by atoms with Gasteiger partial charge in [-0.15, -0.1) is 0 Å². The van der Waals surface area contributed by atoms with Crippen LogP contribution in [-0.2, 0) is 0 Å². The third-order valence-electron chi connectivity index (χ3n) is 3.91. The predicted molar refractivity (Wildman–Crippen MR) is 68.6 cm³/mol. The number of hydrogen-bond donors (Lipinski definition) is 1. The van der Waals surface area contributed by atoms with E-state index < -0.39 is 0 Å². The molecule has 1 unspecified atom stereocenters. The summed E-state index contributed by atoms with van der Waals surface area (Å²) < 4.78 is 5.26. The monoisotopic (exact) mass is 246 g/mol. The van der Waals surface area contributed by atoms with Gasteiger partial charge in [0.2, 0.25) is 0 Å². The summed E-state index contributed by atoms with van der Waals surface area (Å²) in [5.74, 6) is 1.22. The Morgan fingerprint density at radius 3 is 2.56 bits per heavy atom. The molecule has 1 N–H and O–H groups in total. The van der Waals surface area contributed by atoms with E-state index in [0.717, 1.165) is 6.54 Å². The molecule has 4 nitrogen and oxygen atoms in total. The first kappa shape index (κ1) is 11.5. The number of hydrogen-bond acceptors (Lipinski definition) is 3. The quantitative estimate of drug-likeness (QED) is 0.866. The van der Waals surface area contributed by atoms with Crippen molar-refractivity contribution in [1.82, 2.24) is 10.2 Å². The largest absolute Gasteiger partial charge is 0.412 e. The Hall–Kier alpha value is -1.55. The Labute approximate surface area is 107 Å². The molecule has 1 atom stereocenters. The summed E-state index contributed by atoms with van der Waals surface area (Å²) in [4.78, 5) is 14.2. The van der Waals surface area contributed by atoms with Crippen LogP contribution in [0.2, 0.25) is 0 Å². The molecule has 3 saturated heterocycles. The summed E-state index contributed by atoms with van der Waals surface area (Å²) in [6, 6.07) is 9.45. The van der Waals surface area contributed by atoms with Crippen LogP contribution in [0.3, 0.4) is 0 Å². The standard InChI is InChI=1S/C14H18N2O2/c17-14(18-12-4-2-1-3-5-12)15-13-10-16-8-6-11(13)7-9-16/h1-5,11,13H,6-10H2,(H,15,17). The second-order valence-corrected chi connectivity index (χ2v) is 5.09. The highest BCUT2D eigenvalue weighted by atomic mass is 16.6. The van der Waals surface area contributed by atoms with Crippen molar-refractivity contribution >= 4 is 6.09 Å². The van der Waals surface area contributed by atoms with E-state index in [1.54, 1.807) is 12.1 Å². The Kier molecular flexibility index (Phi) is 3.19. The van der Waals surface area contributed by atoms with Crippen molar-refractivity contribution in [3.8, 4) is 5.75 Å². The summed E-state index contributed by atoms with van der Waals surface area (Å²) in [5, 5.41) is 3.00. The van der Waals surface area contributed by atoms with E-state index in [9.17, 15) is 4.79 Å². The molecule has 3 fully saturated rings. The Balaban J connectivity index is 1.55. The van der Waals surface area contributed by atoms with Crippen molar-refractivity contribution in [2.24, 2.45) is 5.92 Å². The van der Waals surface area contributed by atoms with Crippen molar-refractivity contribution in [3.05, 3.63) is 30.3 Å². The zero-order valence-corrected chi connectivity index (χ0v) is 10.3. The normalized spacial score (nSPS) is 29.9. The van der Waals surface area contributed by atoms with Gasteiger partial charge in [0.25, 0.3) is 0 Å². The fraction of sp³-hybridized carbons (Fsp3) is 0.500. The fourth-order valence-corrected chi connectivity index (χ4v) is 2.91. The molecule has 1 amide bonds. The number of carbonyl (C=O) groups is 1. The lowest BCUT2D eigenvalue weighted by atomic mass is 9.84. The number of fused-ring (bicyclic) bond motifs is 3. The summed E-state index contributed by atoms with van der Waals surface area (Å²) in [7, 11) is 0. The van der Waals surface area contributed by atoms with Gasteiger partial charge < -0.3 is 15.0 Å². The van der Waals surface area contributed by atoms with Gasteiger partial charge in [-0.3, -0.25) is 0 Å². The number of nitrogens with zero attached hydrogens (tertiary/aromatic N) is 1. The zero-order valence-electron chi connectivity index (χ0n) is 10.3. The summed E-state index contributed by atoms with van der Waals surface area (Å²) >= 11 is 0. The predicted octanol–water partition coefficient (Wildman–Crippen LogP) is 1.87. The molecule has 18 heavy (non-hydrogen) atoms. The Morgan fingerprint density at radius 2 is 1.94 bits per heavy atom. The van der Waals surface area contributed by atoms with Gasteiger partial charge in [-0.1, -0.05) is 18.2 Å². The highest BCUT2D eigenvalue weighted by Gasteiger charge is 2.35. The molecule has 3 heterocycles. The molecular formula is C14H18N2O2. The molecule has 0 spiro atoms. The molecule has 0 radical (unpaired) electrons. The van der Waals surface area contributed by atoms with Gasteiger partial charge in [0, 0.05) is 12.6 Å². The van der Waals surface area contributed by atoms with Gasteiger partial charge in [-0.05, 0) is 44.0 Å². The highest BCUT2D eigenvalue weighted by Crippen LogP contribution is 2.27. The van der Waals surface area contributed by atoms with Crippen LogP contribution < -0.4 is 10.1 Å². The van der Waals surface area contributed by atoms with Gasteiger partial charge >= 0.3 is 6.09 Å². The lowest BCUT2D eigenvalue weighted by molar-refractivity contribution is 0.0725. The number of benzene rings is 1. The third kappa shape index (κ3) is 2.48. The average molecular weight is 246 g/mol. The topological polar surface area (TPSA) is 41.6 Å². The molecule has 4 rings (SSSR count). The molecule has 1 aromatic rings. The van der Waals surface area contributed by atoms with E-state index in [2.05, 4.69) is 10.2 Å². The summed E-state index contributed by atoms with van der Waals surface area (Å²) in [6.07, 6.45) is 2.05. The maximum atomic E-state index is 11.8. The number of ether oxygens (including phenoxy) is 1. The molecule has 2 bridgehead atoms. The highest BCUT2D eigenvalue weighted by molar-refractivity contribution is 5.70. The van der Waals surface area contributed by atoms with Crippen LogP contribution in [0.15, 0.2) is 30.3 Å². The molecule has 96 valence electrons. The minimum Gasteiger partial charge on any atom is -0.410 e. The molecule has 3 aliphatic rings. The van der Waals surface area contributed by atoms with Gasteiger partial charge in [0.05, 0.1) is 0 Å². The number of amides is 1. The zero-order chi connectivity index (χ0) is 12.4. The van der Waals surface area contributed by atoms with Crippen LogP contribution in [0.25, 0.3) is 0 Å². The number of rotatable bonds is 2. The van der Waals surface area contributed by atoms with Gasteiger partial charge in [-0.25, -0.2) is 4.79 Å². The van der Waals surface area contributed by atoms with E-state index >= 15 is 0 Å². The smallest absolute Gasteiger partial charge is 0.410 e. The third-order valence-corrected chi connectivity index (χ3v) is 3.91.